The monoisotopic (exact) mass is 258 g/mol. The molecule has 4 heteroatoms. The van der Waals surface area contributed by atoms with Crippen LogP contribution < -0.4 is 10.6 Å². The van der Waals surface area contributed by atoms with Gasteiger partial charge in [-0.05, 0) is 31.2 Å². The summed E-state index contributed by atoms with van der Waals surface area (Å²) in [6.07, 6.45) is 2.08. The molecule has 0 spiro atoms. The van der Waals surface area contributed by atoms with Crippen LogP contribution in [-0.4, -0.2) is 12.5 Å². The average Bonchev–Trinajstić information content (AvgIpc) is 2.91. The van der Waals surface area contributed by atoms with Gasteiger partial charge in [-0.2, -0.15) is 0 Å². The third kappa shape index (κ3) is 4.60. The Hall–Kier alpha value is -2.07. The maximum Gasteiger partial charge on any atom is 0.225 e. The molecule has 0 aliphatic rings. The predicted molar refractivity (Wildman–Crippen MR) is 74.8 cm³/mol. The summed E-state index contributed by atoms with van der Waals surface area (Å²) in [6.45, 7) is 3.29. The SMILES string of the molecule is Cc1ccc(NC(=O)CCNCc2ccco2)cc1. The van der Waals surface area contributed by atoms with Crippen molar-refractivity contribution in [2.45, 2.75) is 19.9 Å². The minimum atomic E-state index is 0.01000. The summed E-state index contributed by atoms with van der Waals surface area (Å²) in [5.41, 5.74) is 2.01. The number of aryl methyl sites for hydroxylation is 1. The lowest BCUT2D eigenvalue weighted by Gasteiger charge is -2.06. The number of rotatable bonds is 6. The molecule has 2 rings (SSSR count). The van der Waals surface area contributed by atoms with Gasteiger partial charge >= 0.3 is 0 Å². The van der Waals surface area contributed by atoms with Gasteiger partial charge in [0.1, 0.15) is 5.76 Å². The quantitative estimate of drug-likeness (QED) is 0.783. The number of carbonyl (C=O) groups excluding carboxylic acids is 1. The van der Waals surface area contributed by atoms with E-state index in [-0.39, 0.29) is 5.91 Å². The molecule has 0 bridgehead atoms. The van der Waals surface area contributed by atoms with Crippen LogP contribution in [0.5, 0.6) is 0 Å². The largest absolute Gasteiger partial charge is 0.468 e. The van der Waals surface area contributed by atoms with Gasteiger partial charge in [0.05, 0.1) is 12.8 Å². The molecule has 0 aliphatic carbocycles. The first-order valence-corrected chi connectivity index (χ1v) is 6.33. The van der Waals surface area contributed by atoms with Crippen molar-refractivity contribution in [2.75, 3.05) is 11.9 Å². The molecule has 0 radical (unpaired) electrons. The van der Waals surface area contributed by atoms with Crippen molar-refractivity contribution in [2.24, 2.45) is 0 Å². The summed E-state index contributed by atoms with van der Waals surface area (Å²) in [4.78, 5) is 11.7. The van der Waals surface area contributed by atoms with E-state index in [2.05, 4.69) is 10.6 Å². The van der Waals surface area contributed by atoms with Gasteiger partial charge in [0.25, 0.3) is 0 Å². The summed E-state index contributed by atoms with van der Waals surface area (Å²) in [7, 11) is 0. The zero-order valence-corrected chi connectivity index (χ0v) is 11.0. The third-order valence-electron chi connectivity index (χ3n) is 2.74. The highest BCUT2D eigenvalue weighted by Gasteiger charge is 2.02. The summed E-state index contributed by atoms with van der Waals surface area (Å²) < 4.78 is 5.18. The van der Waals surface area contributed by atoms with Crippen LogP contribution in [0.4, 0.5) is 5.69 Å². The Morgan fingerprint density at radius 1 is 1.21 bits per heavy atom. The minimum Gasteiger partial charge on any atom is -0.468 e. The smallest absolute Gasteiger partial charge is 0.225 e. The predicted octanol–water partition coefficient (Wildman–Crippen LogP) is 2.71. The van der Waals surface area contributed by atoms with E-state index >= 15 is 0 Å². The standard InChI is InChI=1S/C15H18N2O2/c1-12-4-6-13(7-5-12)17-15(18)8-9-16-11-14-3-2-10-19-14/h2-7,10,16H,8-9,11H2,1H3,(H,17,18). The van der Waals surface area contributed by atoms with Crippen LogP contribution in [0.25, 0.3) is 0 Å². The molecule has 1 heterocycles. The van der Waals surface area contributed by atoms with Crippen LogP contribution in [-0.2, 0) is 11.3 Å². The second-order valence-electron chi connectivity index (χ2n) is 4.42. The van der Waals surface area contributed by atoms with Gasteiger partial charge < -0.3 is 15.1 Å². The molecule has 2 aromatic rings. The topological polar surface area (TPSA) is 54.3 Å². The Balaban J connectivity index is 1.65. The van der Waals surface area contributed by atoms with Crippen molar-refractivity contribution in [3.8, 4) is 0 Å². The molecule has 1 aromatic heterocycles. The van der Waals surface area contributed by atoms with Crippen LogP contribution in [0, 0.1) is 6.92 Å². The van der Waals surface area contributed by atoms with E-state index in [1.807, 2.05) is 43.3 Å². The number of amides is 1. The molecule has 19 heavy (non-hydrogen) atoms. The molecule has 0 unspecified atom stereocenters. The lowest BCUT2D eigenvalue weighted by molar-refractivity contribution is -0.116. The van der Waals surface area contributed by atoms with Crippen LogP contribution in [0.1, 0.15) is 17.7 Å². The number of hydrogen-bond donors (Lipinski definition) is 2. The van der Waals surface area contributed by atoms with E-state index in [4.69, 9.17) is 4.42 Å². The van der Waals surface area contributed by atoms with Gasteiger partial charge in [-0.25, -0.2) is 0 Å². The molecular formula is C15H18N2O2. The van der Waals surface area contributed by atoms with E-state index in [1.54, 1.807) is 6.26 Å². The van der Waals surface area contributed by atoms with Gasteiger partial charge in [-0.15, -0.1) is 0 Å². The van der Waals surface area contributed by atoms with Crippen molar-refractivity contribution in [3.05, 3.63) is 54.0 Å². The third-order valence-corrected chi connectivity index (χ3v) is 2.74. The second kappa shape index (κ2) is 6.75. The summed E-state index contributed by atoms with van der Waals surface area (Å²) in [5, 5.41) is 6.02. The van der Waals surface area contributed by atoms with E-state index in [0.717, 1.165) is 11.4 Å². The van der Waals surface area contributed by atoms with Gasteiger partial charge in [-0.3, -0.25) is 4.79 Å². The molecule has 0 aliphatic heterocycles. The summed E-state index contributed by atoms with van der Waals surface area (Å²) in [6, 6.07) is 11.5. The van der Waals surface area contributed by atoms with Crippen molar-refractivity contribution < 1.29 is 9.21 Å². The molecule has 0 atom stereocenters. The first-order valence-electron chi connectivity index (χ1n) is 6.33. The Morgan fingerprint density at radius 3 is 2.68 bits per heavy atom. The Labute approximate surface area is 112 Å². The van der Waals surface area contributed by atoms with E-state index in [0.29, 0.717) is 19.5 Å². The lowest BCUT2D eigenvalue weighted by atomic mass is 10.2. The zero-order valence-electron chi connectivity index (χ0n) is 11.0. The molecular weight excluding hydrogens is 240 g/mol. The molecule has 0 fully saturated rings. The van der Waals surface area contributed by atoms with Crippen LogP contribution in [0.15, 0.2) is 47.1 Å². The normalized spacial score (nSPS) is 10.4. The number of nitrogens with one attached hydrogen (secondary N) is 2. The number of furan rings is 1. The maximum atomic E-state index is 11.7. The molecule has 1 amide bonds. The highest BCUT2D eigenvalue weighted by Crippen LogP contribution is 2.08. The molecule has 0 saturated carbocycles. The zero-order chi connectivity index (χ0) is 13.5. The van der Waals surface area contributed by atoms with Crippen molar-refractivity contribution in [3.63, 3.8) is 0 Å². The maximum absolute atomic E-state index is 11.7. The van der Waals surface area contributed by atoms with E-state index in [9.17, 15) is 4.79 Å². The molecule has 0 saturated heterocycles. The Kier molecular flexibility index (Phi) is 4.75. The highest BCUT2D eigenvalue weighted by molar-refractivity contribution is 5.90. The first kappa shape index (κ1) is 13.4. The van der Waals surface area contributed by atoms with Crippen molar-refractivity contribution in [1.82, 2.24) is 5.32 Å². The van der Waals surface area contributed by atoms with Gasteiger partial charge in [0, 0.05) is 18.7 Å². The second-order valence-corrected chi connectivity index (χ2v) is 4.42. The first-order chi connectivity index (χ1) is 9.24. The molecule has 1 aromatic carbocycles. The highest BCUT2D eigenvalue weighted by atomic mass is 16.3. The van der Waals surface area contributed by atoms with Gasteiger partial charge in [0.2, 0.25) is 5.91 Å². The van der Waals surface area contributed by atoms with E-state index in [1.165, 1.54) is 5.56 Å². The fourth-order valence-electron chi connectivity index (χ4n) is 1.69. The number of carbonyl (C=O) groups is 1. The summed E-state index contributed by atoms with van der Waals surface area (Å²) in [5.74, 6) is 0.884. The number of anilines is 1. The summed E-state index contributed by atoms with van der Waals surface area (Å²) >= 11 is 0. The van der Waals surface area contributed by atoms with Crippen molar-refractivity contribution in [1.29, 1.82) is 0 Å². The van der Waals surface area contributed by atoms with Gasteiger partial charge in [-0.1, -0.05) is 17.7 Å². The molecule has 4 nitrogen and oxygen atoms in total. The number of hydrogen-bond acceptors (Lipinski definition) is 3. The minimum absolute atomic E-state index is 0.01000. The van der Waals surface area contributed by atoms with Crippen LogP contribution in [0.2, 0.25) is 0 Å². The Morgan fingerprint density at radius 2 is 2.00 bits per heavy atom. The molecule has 100 valence electrons. The van der Waals surface area contributed by atoms with Gasteiger partial charge in [0.15, 0.2) is 0 Å². The Bertz CT molecular complexity index is 503. The molecule has 2 N–H and O–H groups in total. The van der Waals surface area contributed by atoms with Crippen LogP contribution >= 0.6 is 0 Å². The van der Waals surface area contributed by atoms with Crippen molar-refractivity contribution >= 4 is 11.6 Å². The fraction of sp³-hybridized carbons (Fsp3) is 0.267. The number of benzene rings is 1. The lowest BCUT2D eigenvalue weighted by Crippen LogP contribution is -2.21. The fourth-order valence-corrected chi connectivity index (χ4v) is 1.69. The average molecular weight is 258 g/mol. The van der Waals surface area contributed by atoms with Crippen LogP contribution in [0.3, 0.4) is 0 Å². The van der Waals surface area contributed by atoms with E-state index < -0.39 is 0 Å².